The maximum atomic E-state index is 12.5. The number of carbonyl (C=O) groups excluding carboxylic acids is 1. The molecular formula is C20H26N2O3S. The van der Waals surface area contributed by atoms with Crippen LogP contribution < -0.4 is 10.0 Å². The predicted octanol–water partition coefficient (Wildman–Crippen LogP) is 3.88. The van der Waals surface area contributed by atoms with Crippen molar-refractivity contribution < 1.29 is 13.2 Å². The van der Waals surface area contributed by atoms with Gasteiger partial charge in [0, 0.05) is 17.8 Å². The fourth-order valence-electron chi connectivity index (χ4n) is 2.45. The van der Waals surface area contributed by atoms with Gasteiger partial charge in [-0.2, -0.15) is 0 Å². The Labute approximate surface area is 155 Å². The molecule has 0 fully saturated rings. The number of amides is 1. The van der Waals surface area contributed by atoms with E-state index in [0.717, 1.165) is 23.2 Å². The van der Waals surface area contributed by atoms with Crippen LogP contribution in [-0.4, -0.2) is 20.9 Å². The number of rotatable bonds is 7. The molecule has 5 nitrogen and oxygen atoms in total. The van der Waals surface area contributed by atoms with Crippen molar-refractivity contribution in [1.82, 2.24) is 4.72 Å². The first-order valence-corrected chi connectivity index (χ1v) is 10.2. The molecule has 140 valence electrons. The minimum atomic E-state index is -3.63. The number of anilines is 1. The summed E-state index contributed by atoms with van der Waals surface area (Å²) in [4.78, 5) is 12.6. The molecule has 0 aromatic heterocycles. The van der Waals surface area contributed by atoms with Crippen molar-refractivity contribution >= 4 is 21.6 Å². The van der Waals surface area contributed by atoms with Gasteiger partial charge in [-0.3, -0.25) is 4.79 Å². The zero-order valence-electron chi connectivity index (χ0n) is 15.7. The normalized spacial score (nSPS) is 11.6. The Kier molecular flexibility index (Phi) is 6.56. The Morgan fingerprint density at radius 2 is 1.77 bits per heavy atom. The number of nitrogens with one attached hydrogen (secondary N) is 2. The van der Waals surface area contributed by atoms with Gasteiger partial charge in [0.05, 0.1) is 4.90 Å². The van der Waals surface area contributed by atoms with Crippen LogP contribution in [0.3, 0.4) is 0 Å². The summed E-state index contributed by atoms with van der Waals surface area (Å²) in [6, 6.07) is 11.7. The van der Waals surface area contributed by atoms with Gasteiger partial charge in [-0.1, -0.05) is 32.0 Å². The van der Waals surface area contributed by atoms with E-state index in [0.29, 0.717) is 18.0 Å². The first kappa shape index (κ1) is 20.1. The van der Waals surface area contributed by atoms with Crippen molar-refractivity contribution in [2.24, 2.45) is 5.92 Å². The van der Waals surface area contributed by atoms with Gasteiger partial charge in [0.15, 0.2) is 0 Å². The second-order valence-corrected chi connectivity index (χ2v) is 8.58. The Balaban J connectivity index is 2.17. The molecule has 0 saturated heterocycles. The van der Waals surface area contributed by atoms with Crippen LogP contribution in [0.15, 0.2) is 47.4 Å². The second kappa shape index (κ2) is 8.47. The van der Waals surface area contributed by atoms with Gasteiger partial charge in [-0.05, 0) is 61.6 Å². The molecule has 0 saturated carbocycles. The summed E-state index contributed by atoms with van der Waals surface area (Å²) in [5, 5.41) is 2.85. The fourth-order valence-corrected chi connectivity index (χ4v) is 3.54. The topological polar surface area (TPSA) is 75.3 Å². The van der Waals surface area contributed by atoms with E-state index in [-0.39, 0.29) is 10.8 Å². The first-order chi connectivity index (χ1) is 12.2. The van der Waals surface area contributed by atoms with E-state index in [1.54, 1.807) is 12.1 Å². The lowest BCUT2D eigenvalue weighted by Gasteiger charge is -2.12. The molecule has 0 heterocycles. The Hall–Kier alpha value is -2.18. The summed E-state index contributed by atoms with van der Waals surface area (Å²) in [6.45, 7) is 8.35. The van der Waals surface area contributed by atoms with Crippen molar-refractivity contribution in [3.63, 3.8) is 0 Å². The molecule has 0 aliphatic rings. The summed E-state index contributed by atoms with van der Waals surface area (Å²) in [6.07, 6.45) is 0.756. The largest absolute Gasteiger partial charge is 0.322 e. The van der Waals surface area contributed by atoms with E-state index in [2.05, 4.69) is 10.0 Å². The summed E-state index contributed by atoms with van der Waals surface area (Å²) >= 11 is 0. The SMILES string of the molecule is Cc1cccc(NC(=O)c2cccc(S(=O)(=O)NCCC(C)C)c2)c1C. The minimum Gasteiger partial charge on any atom is -0.322 e. The van der Waals surface area contributed by atoms with E-state index >= 15 is 0 Å². The van der Waals surface area contributed by atoms with Crippen molar-refractivity contribution in [1.29, 1.82) is 0 Å². The van der Waals surface area contributed by atoms with Gasteiger partial charge >= 0.3 is 0 Å². The highest BCUT2D eigenvalue weighted by Crippen LogP contribution is 2.19. The summed E-state index contributed by atoms with van der Waals surface area (Å²) in [7, 11) is -3.63. The summed E-state index contributed by atoms with van der Waals surface area (Å²) in [5.41, 5.74) is 3.09. The zero-order valence-corrected chi connectivity index (χ0v) is 16.5. The monoisotopic (exact) mass is 374 g/mol. The van der Waals surface area contributed by atoms with Gasteiger partial charge in [-0.15, -0.1) is 0 Å². The van der Waals surface area contributed by atoms with E-state index in [4.69, 9.17) is 0 Å². The van der Waals surface area contributed by atoms with Gasteiger partial charge < -0.3 is 5.32 Å². The van der Waals surface area contributed by atoms with Crippen LogP contribution in [0.4, 0.5) is 5.69 Å². The molecule has 2 rings (SSSR count). The standard InChI is InChI=1S/C20H26N2O3S/c1-14(2)11-12-21-26(24,25)18-9-6-8-17(13-18)20(23)22-19-10-5-7-15(3)16(19)4/h5-10,13-14,21H,11-12H2,1-4H3,(H,22,23). The third kappa shape index (κ3) is 5.16. The number of hydrogen-bond acceptors (Lipinski definition) is 3. The molecule has 0 spiro atoms. The lowest BCUT2D eigenvalue weighted by atomic mass is 10.1. The molecule has 2 aromatic carbocycles. The smallest absolute Gasteiger partial charge is 0.255 e. The molecule has 26 heavy (non-hydrogen) atoms. The Bertz CT molecular complexity index is 890. The summed E-state index contributed by atoms with van der Waals surface area (Å²) in [5.74, 6) is 0.0744. The van der Waals surface area contributed by atoms with Gasteiger partial charge in [0.25, 0.3) is 5.91 Å². The third-order valence-corrected chi connectivity index (χ3v) is 5.73. The van der Waals surface area contributed by atoms with Crippen LogP contribution in [-0.2, 0) is 10.0 Å². The molecule has 0 unspecified atom stereocenters. The summed E-state index contributed by atoms with van der Waals surface area (Å²) < 4.78 is 27.4. The first-order valence-electron chi connectivity index (χ1n) is 8.68. The minimum absolute atomic E-state index is 0.0925. The molecular weight excluding hydrogens is 348 g/mol. The Morgan fingerprint density at radius 1 is 1.08 bits per heavy atom. The van der Waals surface area contributed by atoms with Gasteiger partial charge in [0.1, 0.15) is 0 Å². The average Bonchev–Trinajstić information content (AvgIpc) is 2.58. The van der Waals surface area contributed by atoms with Gasteiger partial charge in [0.2, 0.25) is 10.0 Å². The third-order valence-electron chi connectivity index (χ3n) is 4.27. The van der Waals surface area contributed by atoms with Crippen LogP contribution in [0.1, 0.15) is 41.8 Å². The van der Waals surface area contributed by atoms with Crippen LogP contribution in [0.2, 0.25) is 0 Å². The van der Waals surface area contributed by atoms with Crippen molar-refractivity contribution in [3.8, 4) is 0 Å². The lowest BCUT2D eigenvalue weighted by molar-refractivity contribution is 0.102. The highest BCUT2D eigenvalue weighted by molar-refractivity contribution is 7.89. The molecule has 0 atom stereocenters. The molecule has 2 N–H and O–H groups in total. The average molecular weight is 375 g/mol. The zero-order chi connectivity index (χ0) is 19.3. The molecule has 0 radical (unpaired) electrons. The Morgan fingerprint density at radius 3 is 2.46 bits per heavy atom. The number of sulfonamides is 1. The molecule has 6 heteroatoms. The van der Waals surface area contributed by atoms with Crippen LogP contribution in [0, 0.1) is 19.8 Å². The molecule has 0 bridgehead atoms. The maximum absolute atomic E-state index is 12.5. The van der Waals surface area contributed by atoms with E-state index in [9.17, 15) is 13.2 Å². The number of hydrogen-bond donors (Lipinski definition) is 2. The quantitative estimate of drug-likeness (QED) is 0.772. The van der Waals surface area contributed by atoms with Crippen molar-refractivity contribution in [2.45, 2.75) is 39.0 Å². The van der Waals surface area contributed by atoms with Crippen molar-refractivity contribution in [3.05, 3.63) is 59.2 Å². The molecule has 0 aliphatic carbocycles. The highest BCUT2D eigenvalue weighted by Gasteiger charge is 2.16. The van der Waals surface area contributed by atoms with E-state index in [1.807, 2.05) is 45.9 Å². The number of aryl methyl sites for hydroxylation is 1. The maximum Gasteiger partial charge on any atom is 0.255 e. The molecule has 2 aromatic rings. The lowest BCUT2D eigenvalue weighted by Crippen LogP contribution is -2.26. The van der Waals surface area contributed by atoms with Crippen LogP contribution in [0.25, 0.3) is 0 Å². The predicted molar refractivity (Wildman–Crippen MR) is 105 cm³/mol. The van der Waals surface area contributed by atoms with Crippen LogP contribution in [0.5, 0.6) is 0 Å². The van der Waals surface area contributed by atoms with Gasteiger partial charge in [-0.25, -0.2) is 13.1 Å². The van der Waals surface area contributed by atoms with E-state index < -0.39 is 10.0 Å². The van der Waals surface area contributed by atoms with Crippen molar-refractivity contribution in [2.75, 3.05) is 11.9 Å². The second-order valence-electron chi connectivity index (χ2n) is 6.81. The highest BCUT2D eigenvalue weighted by atomic mass is 32.2. The number of benzene rings is 2. The number of carbonyl (C=O) groups is 1. The fraction of sp³-hybridized carbons (Fsp3) is 0.350. The molecule has 0 aliphatic heterocycles. The van der Waals surface area contributed by atoms with E-state index in [1.165, 1.54) is 12.1 Å². The molecule has 1 amide bonds. The van der Waals surface area contributed by atoms with Crippen LogP contribution >= 0.6 is 0 Å².